The molecule has 2 N–H and O–H groups in total. The number of nitrogens with one attached hydrogen (secondary N) is 2. The van der Waals surface area contributed by atoms with Gasteiger partial charge in [-0.15, -0.1) is 11.3 Å². The van der Waals surface area contributed by atoms with E-state index >= 15 is 0 Å². The van der Waals surface area contributed by atoms with Gasteiger partial charge in [0.15, 0.2) is 0 Å². The van der Waals surface area contributed by atoms with Crippen LogP contribution in [-0.4, -0.2) is 17.4 Å². The Morgan fingerprint density at radius 1 is 1.37 bits per heavy atom. The first-order valence-corrected chi connectivity index (χ1v) is 7.02. The molecule has 0 radical (unpaired) electrons. The van der Waals surface area contributed by atoms with Crippen molar-refractivity contribution in [2.45, 2.75) is 19.9 Å². The number of thiazole rings is 1. The van der Waals surface area contributed by atoms with Crippen LogP contribution in [0.25, 0.3) is 0 Å². The number of hydrogen-bond donors (Lipinski definition) is 2. The van der Waals surface area contributed by atoms with Crippen LogP contribution in [0.2, 0.25) is 0 Å². The standard InChI is InChI=1S/C14H17N3OS/c1-10-3-5-12(6-4-10)17-13(18)9-16-11(2)14-15-7-8-19-14/h3-8,11,16H,9H2,1-2H3,(H,17,18). The van der Waals surface area contributed by atoms with E-state index in [4.69, 9.17) is 0 Å². The number of benzene rings is 1. The van der Waals surface area contributed by atoms with E-state index in [1.165, 1.54) is 5.56 Å². The highest BCUT2D eigenvalue weighted by Gasteiger charge is 2.09. The summed E-state index contributed by atoms with van der Waals surface area (Å²) in [5.41, 5.74) is 1.99. The molecule has 1 atom stereocenters. The number of aryl methyl sites for hydroxylation is 1. The molecule has 0 spiro atoms. The van der Waals surface area contributed by atoms with E-state index in [0.29, 0.717) is 0 Å². The molecule has 0 aliphatic heterocycles. The summed E-state index contributed by atoms with van der Waals surface area (Å²) in [6.07, 6.45) is 1.77. The lowest BCUT2D eigenvalue weighted by Crippen LogP contribution is -2.30. The third kappa shape index (κ3) is 4.15. The Morgan fingerprint density at radius 2 is 2.11 bits per heavy atom. The van der Waals surface area contributed by atoms with Gasteiger partial charge >= 0.3 is 0 Å². The molecule has 0 aliphatic rings. The second kappa shape index (κ2) is 6.45. The van der Waals surface area contributed by atoms with Crippen molar-refractivity contribution in [1.82, 2.24) is 10.3 Å². The zero-order chi connectivity index (χ0) is 13.7. The van der Waals surface area contributed by atoms with Gasteiger partial charge in [0, 0.05) is 17.3 Å². The Morgan fingerprint density at radius 3 is 2.74 bits per heavy atom. The van der Waals surface area contributed by atoms with E-state index in [-0.39, 0.29) is 18.5 Å². The van der Waals surface area contributed by atoms with Crippen molar-refractivity contribution in [3.05, 3.63) is 46.4 Å². The number of amides is 1. The first-order valence-electron chi connectivity index (χ1n) is 6.14. The molecule has 5 heteroatoms. The maximum atomic E-state index is 11.8. The highest BCUT2D eigenvalue weighted by Crippen LogP contribution is 2.14. The van der Waals surface area contributed by atoms with Crippen molar-refractivity contribution in [2.75, 3.05) is 11.9 Å². The van der Waals surface area contributed by atoms with E-state index in [9.17, 15) is 4.79 Å². The Labute approximate surface area is 116 Å². The minimum Gasteiger partial charge on any atom is -0.325 e. The first-order chi connectivity index (χ1) is 9.15. The van der Waals surface area contributed by atoms with E-state index in [2.05, 4.69) is 15.6 Å². The molecule has 0 saturated heterocycles. The summed E-state index contributed by atoms with van der Waals surface area (Å²) in [7, 11) is 0. The van der Waals surface area contributed by atoms with Gasteiger partial charge in [-0.05, 0) is 26.0 Å². The molecule has 1 unspecified atom stereocenters. The molecular weight excluding hydrogens is 258 g/mol. The predicted octanol–water partition coefficient (Wildman–Crippen LogP) is 2.74. The first kappa shape index (κ1) is 13.7. The second-order valence-electron chi connectivity index (χ2n) is 4.39. The predicted molar refractivity (Wildman–Crippen MR) is 78.3 cm³/mol. The van der Waals surface area contributed by atoms with Crippen LogP contribution in [0.4, 0.5) is 5.69 Å². The van der Waals surface area contributed by atoms with Crippen molar-refractivity contribution >= 4 is 22.9 Å². The molecule has 1 aromatic carbocycles. The van der Waals surface area contributed by atoms with E-state index in [1.54, 1.807) is 17.5 Å². The van der Waals surface area contributed by atoms with Crippen molar-refractivity contribution in [3.8, 4) is 0 Å². The molecule has 2 aromatic rings. The maximum Gasteiger partial charge on any atom is 0.238 e. The molecule has 1 amide bonds. The molecule has 1 aromatic heterocycles. The summed E-state index contributed by atoms with van der Waals surface area (Å²) in [4.78, 5) is 16.0. The minimum atomic E-state index is -0.0488. The van der Waals surface area contributed by atoms with Crippen molar-refractivity contribution in [2.24, 2.45) is 0 Å². The van der Waals surface area contributed by atoms with Gasteiger partial charge in [0.1, 0.15) is 5.01 Å². The maximum absolute atomic E-state index is 11.8. The Kier molecular flexibility index (Phi) is 4.65. The van der Waals surface area contributed by atoms with Crippen LogP contribution in [0, 0.1) is 6.92 Å². The lowest BCUT2D eigenvalue weighted by atomic mass is 10.2. The summed E-state index contributed by atoms with van der Waals surface area (Å²) >= 11 is 1.58. The average molecular weight is 275 g/mol. The quantitative estimate of drug-likeness (QED) is 0.882. The number of hydrogen-bond acceptors (Lipinski definition) is 4. The van der Waals surface area contributed by atoms with Crippen LogP contribution >= 0.6 is 11.3 Å². The van der Waals surface area contributed by atoms with Crippen LogP contribution in [0.15, 0.2) is 35.8 Å². The Hall–Kier alpha value is -1.72. The topological polar surface area (TPSA) is 54.0 Å². The molecule has 2 rings (SSSR count). The monoisotopic (exact) mass is 275 g/mol. The van der Waals surface area contributed by atoms with Crippen molar-refractivity contribution in [3.63, 3.8) is 0 Å². The zero-order valence-corrected chi connectivity index (χ0v) is 11.8. The van der Waals surface area contributed by atoms with Crippen molar-refractivity contribution in [1.29, 1.82) is 0 Å². The summed E-state index contributed by atoms with van der Waals surface area (Å²) in [6, 6.07) is 7.83. The number of carbonyl (C=O) groups is 1. The molecule has 4 nitrogen and oxygen atoms in total. The number of nitrogens with zero attached hydrogens (tertiary/aromatic N) is 1. The fraction of sp³-hybridized carbons (Fsp3) is 0.286. The number of rotatable bonds is 5. The lowest BCUT2D eigenvalue weighted by molar-refractivity contribution is -0.115. The number of aromatic nitrogens is 1. The molecule has 0 fully saturated rings. The summed E-state index contributed by atoms with van der Waals surface area (Å²) < 4.78 is 0. The van der Waals surface area contributed by atoms with Gasteiger partial charge in [-0.2, -0.15) is 0 Å². The third-order valence-electron chi connectivity index (χ3n) is 2.73. The summed E-state index contributed by atoms with van der Waals surface area (Å²) in [6.45, 7) is 4.29. The van der Waals surface area contributed by atoms with E-state index in [1.807, 2.05) is 43.5 Å². The van der Waals surface area contributed by atoms with Gasteiger partial charge in [-0.1, -0.05) is 17.7 Å². The van der Waals surface area contributed by atoms with Gasteiger partial charge in [0.25, 0.3) is 0 Å². The summed E-state index contributed by atoms with van der Waals surface area (Å²) in [5, 5.41) is 8.92. The molecule has 19 heavy (non-hydrogen) atoms. The highest BCUT2D eigenvalue weighted by molar-refractivity contribution is 7.09. The normalized spacial score (nSPS) is 12.1. The number of anilines is 1. The highest BCUT2D eigenvalue weighted by atomic mass is 32.1. The molecule has 0 aliphatic carbocycles. The molecule has 1 heterocycles. The third-order valence-corrected chi connectivity index (χ3v) is 3.68. The van der Waals surface area contributed by atoms with Crippen LogP contribution in [0.5, 0.6) is 0 Å². The Bertz CT molecular complexity index is 522. The molecular formula is C14H17N3OS. The molecule has 0 bridgehead atoms. The summed E-state index contributed by atoms with van der Waals surface area (Å²) in [5.74, 6) is -0.0488. The van der Waals surface area contributed by atoms with Gasteiger partial charge in [-0.25, -0.2) is 4.98 Å². The average Bonchev–Trinajstić information content (AvgIpc) is 2.93. The Balaban J connectivity index is 1.80. The van der Waals surface area contributed by atoms with E-state index in [0.717, 1.165) is 10.7 Å². The van der Waals surface area contributed by atoms with Gasteiger partial charge in [0.05, 0.1) is 12.6 Å². The largest absolute Gasteiger partial charge is 0.325 e. The SMILES string of the molecule is Cc1ccc(NC(=O)CNC(C)c2nccs2)cc1. The van der Waals surface area contributed by atoms with Crippen LogP contribution in [0.1, 0.15) is 23.5 Å². The molecule has 100 valence electrons. The fourth-order valence-corrected chi connectivity index (χ4v) is 2.29. The van der Waals surface area contributed by atoms with Crippen molar-refractivity contribution < 1.29 is 4.79 Å². The van der Waals surface area contributed by atoms with Crippen LogP contribution in [-0.2, 0) is 4.79 Å². The van der Waals surface area contributed by atoms with E-state index < -0.39 is 0 Å². The fourth-order valence-electron chi connectivity index (χ4n) is 1.62. The smallest absolute Gasteiger partial charge is 0.238 e. The zero-order valence-electron chi connectivity index (χ0n) is 11.0. The van der Waals surface area contributed by atoms with Gasteiger partial charge in [0.2, 0.25) is 5.91 Å². The minimum absolute atomic E-state index is 0.0488. The number of carbonyl (C=O) groups excluding carboxylic acids is 1. The molecule has 0 saturated carbocycles. The van der Waals surface area contributed by atoms with Crippen LogP contribution in [0.3, 0.4) is 0 Å². The second-order valence-corrected chi connectivity index (χ2v) is 5.31. The van der Waals surface area contributed by atoms with Crippen LogP contribution < -0.4 is 10.6 Å². The lowest BCUT2D eigenvalue weighted by Gasteiger charge is -2.11. The van der Waals surface area contributed by atoms with Gasteiger partial charge in [-0.3, -0.25) is 10.1 Å². The van der Waals surface area contributed by atoms with Gasteiger partial charge < -0.3 is 5.32 Å².